The Morgan fingerprint density at radius 2 is 1.86 bits per heavy atom. The number of carbonyl (C=O) groups excluding carboxylic acids is 1. The van der Waals surface area contributed by atoms with Crippen LogP contribution in [0, 0.1) is 5.92 Å². The summed E-state index contributed by atoms with van der Waals surface area (Å²) in [4.78, 5) is 45.6. The molecule has 0 unspecified atom stereocenters. The van der Waals surface area contributed by atoms with E-state index in [0.717, 1.165) is 23.2 Å². The number of nitrogens with one attached hydrogen (secondary N) is 1. The predicted molar refractivity (Wildman–Crippen MR) is 108 cm³/mol. The number of amides is 1. The van der Waals surface area contributed by atoms with Crippen molar-refractivity contribution in [2.24, 2.45) is 20.0 Å². The molecule has 1 aliphatic rings. The number of aryl methyl sites for hydroxylation is 1. The topological polar surface area (TPSA) is 102 Å². The number of hydrogen-bond acceptors (Lipinski definition) is 6. The highest BCUT2D eigenvalue weighted by Gasteiger charge is 2.27. The van der Waals surface area contributed by atoms with E-state index < -0.39 is 11.3 Å². The number of carbonyl (C=O) groups is 1. The molecular formula is C18H27N5O4S. The number of thioether (sulfide) groups is 1. The first kappa shape index (κ1) is 20.5. The number of aromatic amines is 1. The lowest BCUT2D eigenvalue weighted by Crippen LogP contribution is -2.42. The maximum Gasteiger partial charge on any atom is 0.410 e. The quantitative estimate of drug-likeness (QED) is 0.774. The summed E-state index contributed by atoms with van der Waals surface area (Å²) >= 11 is 1.54. The van der Waals surface area contributed by atoms with Gasteiger partial charge in [-0.3, -0.25) is 13.9 Å². The van der Waals surface area contributed by atoms with Crippen LogP contribution in [0.4, 0.5) is 4.79 Å². The third-order valence-corrected chi connectivity index (χ3v) is 5.90. The molecule has 0 spiro atoms. The van der Waals surface area contributed by atoms with E-state index in [9.17, 15) is 14.4 Å². The smallest absolute Gasteiger partial charge is 0.410 e. The zero-order chi connectivity index (χ0) is 20.6. The van der Waals surface area contributed by atoms with Gasteiger partial charge in [-0.1, -0.05) is 11.8 Å². The van der Waals surface area contributed by atoms with Crippen LogP contribution in [-0.2, 0) is 18.8 Å². The molecule has 0 bridgehead atoms. The Labute approximate surface area is 167 Å². The van der Waals surface area contributed by atoms with Crippen molar-refractivity contribution in [3.8, 4) is 0 Å². The van der Waals surface area contributed by atoms with Gasteiger partial charge in [-0.2, -0.15) is 0 Å². The molecule has 3 rings (SSSR count). The monoisotopic (exact) mass is 409 g/mol. The average molecular weight is 410 g/mol. The van der Waals surface area contributed by atoms with E-state index in [2.05, 4.69) is 9.97 Å². The minimum absolute atomic E-state index is 0.257. The molecule has 1 N–H and O–H groups in total. The van der Waals surface area contributed by atoms with Crippen LogP contribution >= 0.6 is 11.8 Å². The molecule has 1 amide bonds. The third kappa shape index (κ3) is 4.26. The van der Waals surface area contributed by atoms with Crippen molar-refractivity contribution in [2.75, 3.05) is 18.8 Å². The summed E-state index contributed by atoms with van der Waals surface area (Å²) in [6.45, 7) is 6.95. The summed E-state index contributed by atoms with van der Waals surface area (Å²) in [7, 11) is 3.06. The van der Waals surface area contributed by atoms with E-state index in [1.807, 2.05) is 20.8 Å². The standard InChI is InChI=1S/C18H27N5O4S/c1-18(2,3)27-17(26)23-8-6-11(7-9-23)10-28-15-19-12-13(20-15)21(4)16(25)22(5)14(12)24/h11H,6-10H2,1-5H3,(H,19,20). The molecule has 0 aliphatic carbocycles. The second-order valence-corrected chi connectivity index (χ2v) is 9.18. The van der Waals surface area contributed by atoms with Crippen LogP contribution in [0.1, 0.15) is 33.6 Å². The lowest BCUT2D eigenvalue weighted by atomic mass is 9.99. The van der Waals surface area contributed by atoms with Gasteiger partial charge in [0.15, 0.2) is 16.3 Å². The van der Waals surface area contributed by atoms with Crippen molar-refractivity contribution in [1.29, 1.82) is 0 Å². The second-order valence-electron chi connectivity index (χ2n) is 8.17. The lowest BCUT2D eigenvalue weighted by molar-refractivity contribution is 0.0191. The highest BCUT2D eigenvalue weighted by atomic mass is 32.2. The highest BCUT2D eigenvalue weighted by Crippen LogP contribution is 2.26. The molecule has 10 heteroatoms. The number of nitrogens with zero attached hydrogens (tertiary/aromatic N) is 4. The Balaban J connectivity index is 1.60. The molecule has 1 fully saturated rings. The zero-order valence-electron chi connectivity index (χ0n) is 16.9. The molecule has 0 aromatic carbocycles. The molecule has 2 aromatic heterocycles. The molecule has 1 saturated heterocycles. The molecule has 0 atom stereocenters. The van der Waals surface area contributed by atoms with Gasteiger partial charge < -0.3 is 14.6 Å². The summed E-state index contributed by atoms with van der Waals surface area (Å²) in [6, 6.07) is 0. The molecular weight excluding hydrogens is 382 g/mol. The number of rotatable bonds is 3. The average Bonchev–Trinajstić information content (AvgIpc) is 3.06. The Bertz CT molecular complexity index is 992. The lowest BCUT2D eigenvalue weighted by Gasteiger charge is -2.33. The van der Waals surface area contributed by atoms with Crippen molar-refractivity contribution in [3.05, 3.63) is 20.8 Å². The van der Waals surface area contributed by atoms with Gasteiger partial charge in [0.05, 0.1) is 0 Å². The van der Waals surface area contributed by atoms with E-state index in [-0.39, 0.29) is 11.7 Å². The van der Waals surface area contributed by atoms with Crippen molar-refractivity contribution < 1.29 is 9.53 Å². The van der Waals surface area contributed by atoms with Gasteiger partial charge in [0.25, 0.3) is 5.56 Å². The molecule has 0 saturated carbocycles. The number of imidazole rings is 1. The minimum atomic E-state index is -0.484. The molecule has 1 aliphatic heterocycles. The number of aromatic nitrogens is 4. The third-order valence-electron chi connectivity index (χ3n) is 4.80. The summed E-state index contributed by atoms with van der Waals surface area (Å²) in [5.41, 5.74) is -0.539. The maximum atomic E-state index is 12.2. The van der Waals surface area contributed by atoms with Crippen LogP contribution in [0.5, 0.6) is 0 Å². The predicted octanol–water partition coefficient (Wildman–Crippen LogP) is 1.70. The fraction of sp³-hybridized carbons (Fsp3) is 0.667. The van der Waals surface area contributed by atoms with Crippen molar-refractivity contribution >= 4 is 29.0 Å². The van der Waals surface area contributed by atoms with E-state index >= 15 is 0 Å². The molecule has 3 heterocycles. The molecule has 2 aromatic rings. The Morgan fingerprint density at radius 3 is 2.46 bits per heavy atom. The van der Waals surface area contributed by atoms with E-state index in [0.29, 0.717) is 35.3 Å². The van der Waals surface area contributed by atoms with Crippen molar-refractivity contribution in [1.82, 2.24) is 24.0 Å². The van der Waals surface area contributed by atoms with Gasteiger partial charge in [-0.25, -0.2) is 14.6 Å². The van der Waals surface area contributed by atoms with E-state index in [1.165, 1.54) is 23.4 Å². The van der Waals surface area contributed by atoms with Crippen molar-refractivity contribution in [2.45, 2.75) is 44.4 Å². The first-order chi connectivity index (χ1) is 13.1. The maximum absolute atomic E-state index is 12.2. The van der Waals surface area contributed by atoms with Crippen LogP contribution < -0.4 is 11.2 Å². The zero-order valence-corrected chi connectivity index (χ0v) is 17.8. The molecule has 154 valence electrons. The number of ether oxygens (including phenoxy) is 1. The number of H-pyrrole nitrogens is 1. The SMILES string of the molecule is Cn1c(=O)c2[nH]c(SCC3CCN(C(=O)OC(C)(C)C)CC3)nc2n(C)c1=O. The summed E-state index contributed by atoms with van der Waals surface area (Å²) in [6.07, 6.45) is 1.53. The first-order valence-electron chi connectivity index (χ1n) is 9.33. The molecule has 28 heavy (non-hydrogen) atoms. The fourth-order valence-electron chi connectivity index (χ4n) is 3.18. The van der Waals surface area contributed by atoms with Gasteiger partial charge >= 0.3 is 11.8 Å². The summed E-state index contributed by atoms with van der Waals surface area (Å²) in [5, 5.41) is 0.628. The number of likely N-dealkylation sites (tertiary alicyclic amines) is 1. The Kier molecular flexibility index (Phi) is 5.60. The normalized spacial score (nSPS) is 16.0. The Hall–Kier alpha value is -2.23. The van der Waals surface area contributed by atoms with Crippen LogP contribution in [0.3, 0.4) is 0 Å². The van der Waals surface area contributed by atoms with Crippen LogP contribution in [0.25, 0.3) is 11.2 Å². The summed E-state index contributed by atoms with van der Waals surface area (Å²) in [5.74, 6) is 1.28. The fourth-order valence-corrected chi connectivity index (χ4v) is 4.23. The minimum Gasteiger partial charge on any atom is -0.444 e. The van der Waals surface area contributed by atoms with Gasteiger partial charge in [0, 0.05) is 32.9 Å². The van der Waals surface area contributed by atoms with Gasteiger partial charge in [0.1, 0.15) is 5.60 Å². The second kappa shape index (κ2) is 7.65. The Morgan fingerprint density at radius 1 is 1.21 bits per heavy atom. The number of piperidine rings is 1. The summed E-state index contributed by atoms with van der Waals surface area (Å²) < 4.78 is 7.87. The largest absolute Gasteiger partial charge is 0.444 e. The van der Waals surface area contributed by atoms with E-state index in [1.54, 1.807) is 11.9 Å². The van der Waals surface area contributed by atoms with Crippen molar-refractivity contribution in [3.63, 3.8) is 0 Å². The van der Waals surface area contributed by atoms with Crippen LogP contribution in [0.2, 0.25) is 0 Å². The van der Waals surface area contributed by atoms with Gasteiger partial charge in [-0.05, 0) is 39.5 Å². The molecule has 9 nitrogen and oxygen atoms in total. The van der Waals surface area contributed by atoms with Gasteiger partial charge in [0.2, 0.25) is 0 Å². The first-order valence-corrected chi connectivity index (χ1v) is 10.3. The molecule has 0 radical (unpaired) electrons. The number of fused-ring (bicyclic) bond motifs is 1. The van der Waals surface area contributed by atoms with Gasteiger partial charge in [-0.15, -0.1) is 0 Å². The highest BCUT2D eigenvalue weighted by molar-refractivity contribution is 7.99. The van der Waals surface area contributed by atoms with Crippen LogP contribution in [0.15, 0.2) is 14.7 Å². The van der Waals surface area contributed by atoms with E-state index in [4.69, 9.17) is 4.74 Å². The number of hydrogen-bond donors (Lipinski definition) is 1. The van der Waals surface area contributed by atoms with Crippen LogP contribution in [-0.4, -0.2) is 54.5 Å².